The van der Waals surface area contributed by atoms with E-state index < -0.39 is 30.6 Å². The zero-order chi connectivity index (χ0) is 23.6. The van der Waals surface area contributed by atoms with Crippen molar-refractivity contribution in [2.24, 2.45) is 29.4 Å². The van der Waals surface area contributed by atoms with Gasteiger partial charge in [0.1, 0.15) is 11.5 Å². The van der Waals surface area contributed by atoms with E-state index in [0.29, 0.717) is 18.4 Å². The van der Waals surface area contributed by atoms with Gasteiger partial charge in [-0.3, -0.25) is 14.4 Å². The fraction of sp³-hybridized carbons (Fsp3) is 0.591. The number of aliphatic hydroxyl groups excluding tert-OH is 2. The van der Waals surface area contributed by atoms with Crippen LogP contribution >= 0.6 is 0 Å². The number of nitrogens with two attached hydrogens (primary N) is 2. The second-order valence-corrected chi connectivity index (χ2v) is 7.79. The molecule has 0 aromatic heterocycles. The summed E-state index contributed by atoms with van der Waals surface area (Å²) >= 11 is 0. The number of fused-ring (bicyclic) bond motifs is 1. The highest BCUT2D eigenvalue weighted by atomic mass is 16.6. The number of benzene rings is 1. The molecule has 9 N–H and O–H groups in total. The lowest BCUT2D eigenvalue weighted by atomic mass is 9.73. The number of hydrogen-bond acceptors (Lipinski definition) is 8. The SMILES string of the molecule is CCc1ccc(O)c2c1CC(CC(CCO)C(CO)C(=O)CC(N)=O)CC2=O.CON.O.[HH].[HH]. The molecule has 1 aliphatic rings. The minimum Gasteiger partial charge on any atom is -0.507 e. The first kappa shape index (κ1) is 29.6. The Hall–Kier alpha value is -2.37. The number of phenols is 1. The third-order valence-corrected chi connectivity index (χ3v) is 5.68. The van der Waals surface area contributed by atoms with E-state index >= 15 is 0 Å². The predicted octanol–water partition coefficient (Wildman–Crippen LogP) is 0.315. The summed E-state index contributed by atoms with van der Waals surface area (Å²) < 4.78 is 0. The maximum absolute atomic E-state index is 12.7. The van der Waals surface area contributed by atoms with E-state index in [2.05, 4.69) is 10.7 Å². The quantitative estimate of drug-likeness (QED) is 0.242. The molecule has 0 spiro atoms. The Kier molecular flexibility index (Phi) is 13.6. The lowest BCUT2D eigenvalue weighted by Crippen LogP contribution is -2.33. The van der Waals surface area contributed by atoms with Crippen molar-refractivity contribution in [1.29, 1.82) is 0 Å². The van der Waals surface area contributed by atoms with Crippen LogP contribution in [-0.4, -0.2) is 58.6 Å². The number of Topliss-reactive ketones (excluding diaryl/α,β-unsaturated/α-hetero) is 2. The number of aliphatic hydroxyl groups is 2. The average Bonchev–Trinajstić information content (AvgIpc) is 2.68. The van der Waals surface area contributed by atoms with Gasteiger partial charge in [0.25, 0.3) is 0 Å². The zero-order valence-corrected chi connectivity index (χ0v) is 18.7. The van der Waals surface area contributed by atoms with Crippen molar-refractivity contribution in [2.75, 3.05) is 20.3 Å². The summed E-state index contributed by atoms with van der Waals surface area (Å²) in [4.78, 5) is 39.8. The van der Waals surface area contributed by atoms with Crippen LogP contribution < -0.4 is 11.6 Å². The number of carbonyl (C=O) groups is 3. The van der Waals surface area contributed by atoms with Gasteiger partial charge in [-0.15, -0.1) is 0 Å². The molecule has 10 nitrogen and oxygen atoms in total. The maximum Gasteiger partial charge on any atom is 0.224 e. The molecule has 0 saturated heterocycles. The van der Waals surface area contributed by atoms with Crippen molar-refractivity contribution in [3.05, 3.63) is 28.8 Å². The molecule has 0 bridgehead atoms. The molecule has 3 atom stereocenters. The number of rotatable bonds is 10. The van der Waals surface area contributed by atoms with Gasteiger partial charge < -0.3 is 31.4 Å². The summed E-state index contributed by atoms with van der Waals surface area (Å²) in [5.41, 5.74) is 7.34. The van der Waals surface area contributed by atoms with E-state index in [1.807, 2.05) is 13.0 Å². The molecule has 2 rings (SSSR count). The van der Waals surface area contributed by atoms with Crippen LogP contribution in [0.25, 0.3) is 0 Å². The highest BCUT2D eigenvalue weighted by Crippen LogP contribution is 2.38. The van der Waals surface area contributed by atoms with Crippen molar-refractivity contribution < 1.29 is 42.9 Å². The molecule has 1 aliphatic carbocycles. The first-order valence-corrected chi connectivity index (χ1v) is 10.4. The van der Waals surface area contributed by atoms with Crippen molar-refractivity contribution in [3.63, 3.8) is 0 Å². The van der Waals surface area contributed by atoms with E-state index in [4.69, 9.17) is 5.73 Å². The minimum absolute atomic E-state index is 0. The Morgan fingerprint density at radius 1 is 1.28 bits per heavy atom. The lowest BCUT2D eigenvalue weighted by Gasteiger charge is -2.31. The summed E-state index contributed by atoms with van der Waals surface area (Å²) in [6, 6.07) is 3.37. The molecule has 0 heterocycles. The number of ketones is 2. The monoisotopic (exact) mass is 460 g/mol. The van der Waals surface area contributed by atoms with Gasteiger partial charge >= 0.3 is 0 Å². The fourth-order valence-corrected chi connectivity index (χ4v) is 4.34. The average molecular weight is 461 g/mol. The van der Waals surface area contributed by atoms with Crippen molar-refractivity contribution >= 4 is 17.5 Å². The van der Waals surface area contributed by atoms with Gasteiger partial charge in [0.05, 0.1) is 25.7 Å². The highest BCUT2D eigenvalue weighted by molar-refractivity contribution is 6.01. The number of primary amides is 1. The van der Waals surface area contributed by atoms with Gasteiger partial charge in [0, 0.05) is 21.8 Å². The van der Waals surface area contributed by atoms with Crippen LogP contribution in [0.5, 0.6) is 5.75 Å². The number of phenolic OH excluding ortho intramolecular Hbond substituents is 1. The molecular formula is C22H40N2O8. The Labute approximate surface area is 190 Å². The van der Waals surface area contributed by atoms with Gasteiger partial charge in [-0.05, 0) is 54.7 Å². The third-order valence-electron chi connectivity index (χ3n) is 5.68. The standard InChI is InChI=1S/C21H29NO6.CH5NO.H2O.2H2/c1-2-13-3-4-17(25)21-15(13)8-12(9-19(21)27)7-14(5-6-23)16(11-24)18(26)10-20(22)28;1-3-2;;;/h3-4,12,14,16,23-25H,2,5-11H2,1H3,(H2,22,28);2H2,1H3;1H2;2*1H. The first-order valence-electron chi connectivity index (χ1n) is 10.4. The van der Waals surface area contributed by atoms with Crippen LogP contribution in [0.1, 0.15) is 56.9 Å². The predicted molar refractivity (Wildman–Crippen MR) is 122 cm³/mol. The van der Waals surface area contributed by atoms with E-state index in [0.717, 1.165) is 17.5 Å². The van der Waals surface area contributed by atoms with Gasteiger partial charge in [0.15, 0.2) is 5.78 Å². The van der Waals surface area contributed by atoms with Crippen molar-refractivity contribution in [2.45, 2.75) is 45.4 Å². The Bertz CT molecular complexity index is 780. The second-order valence-electron chi connectivity index (χ2n) is 7.79. The van der Waals surface area contributed by atoms with E-state index in [1.54, 1.807) is 6.07 Å². The number of aromatic hydroxyl groups is 1. The molecule has 10 heteroatoms. The van der Waals surface area contributed by atoms with Crippen LogP contribution in [0.15, 0.2) is 12.1 Å². The van der Waals surface area contributed by atoms with Gasteiger partial charge in [-0.1, -0.05) is 13.0 Å². The van der Waals surface area contributed by atoms with Crippen LogP contribution in [-0.2, 0) is 27.3 Å². The van der Waals surface area contributed by atoms with Gasteiger partial charge in [-0.25, -0.2) is 5.90 Å². The fourth-order valence-electron chi connectivity index (χ4n) is 4.34. The zero-order valence-electron chi connectivity index (χ0n) is 18.7. The van der Waals surface area contributed by atoms with Crippen molar-refractivity contribution in [3.8, 4) is 5.75 Å². The normalized spacial score (nSPS) is 16.7. The van der Waals surface area contributed by atoms with Gasteiger partial charge in [-0.2, -0.15) is 0 Å². The molecule has 32 heavy (non-hydrogen) atoms. The lowest BCUT2D eigenvalue weighted by molar-refractivity contribution is -0.131. The summed E-state index contributed by atoms with van der Waals surface area (Å²) in [6.45, 7) is 1.39. The van der Waals surface area contributed by atoms with E-state index in [9.17, 15) is 29.7 Å². The number of hydrogen-bond donors (Lipinski definition) is 5. The summed E-state index contributed by atoms with van der Waals surface area (Å²) in [5, 5.41) is 29.2. The molecular weight excluding hydrogens is 420 g/mol. The van der Waals surface area contributed by atoms with Crippen LogP contribution in [0.3, 0.4) is 0 Å². The van der Waals surface area contributed by atoms with Crippen LogP contribution in [0, 0.1) is 17.8 Å². The molecule has 0 aliphatic heterocycles. The summed E-state index contributed by atoms with van der Waals surface area (Å²) in [5.74, 6) is 1.78. The molecule has 0 radical (unpaired) electrons. The summed E-state index contributed by atoms with van der Waals surface area (Å²) in [7, 11) is 1.40. The molecule has 186 valence electrons. The molecule has 0 fully saturated rings. The Balaban J connectivity index is -0.00000152. The number of carbonyl (C=O) groups excluding carboxylic acids is 3. The van der Waals surface area contributed by atoms with Gasteiger partial charge in [0.2, 0.25) is 5.91 Å². The first-order chi connectivity index (χ1) is 14.7. The molecule has 0 saturated carbocycles. The number of aryl methyl sites for hydroxylation is 1. The van der Waals surface area contributed by atoms with Crippen LogP contribution in [0.2, 0.25) is 0 Å². The maximum atomic E-state index is 12.7. The highest BCUT2D eigenvalue weighted by Gasteiger charge is 2.34. The summed E-state index contributed by atoms with van der Waals surface area (Å²) in [6.07, 6.45) is 1.85. The largest absolute Gasteiger partial charge is 0.507 e. The Morgan fingerprint density at radius 2 is 1.91 bits per heavy atom. The topological polar surface area (TPSA) is 205 Å². The van der Waals surface area contributed by atoms with E-state index in [1.165, 1.54) is 7.11 Å². The molecule has 1 aromatic rings. The van der Waals surface area contributed by atoms with E-state index in [-0.39, 0.29) is 51.1 Å². The van der Waals surface area contributed by atoms with Crippen molar-refractivity contribution in [1.82, 2.24) is 0 Å². The number of amides is 1. The molecule has 1 amide bonds. The smallest absolute Gasteiger partial charge is 0.224 e. The molecule has 1 aromatic carbocycles. The van der Waals surface area contributed by atoms with Crippen LogP contribution in [0.4, 0.5) is 0 Å². The second kappa shape index (κ2) is 14.6. The Morgan fingerprint density at radius 3 is 2.41 bits per heavy atom. The third kappa shape index (κ3) is 7.95. The molecule has 3 unspecified atom stereocenters. The minimum atomic E-state index is -0.800.